The fraction of sp³-hybridized carbons (Fsp3) is 0.333. The maximum atomic E-state index is 12.0. The Labute approximate surface area is 102 Å². The number of fused-ring (bicyclic) bond motifs is 1. The van der Waals surface area contributed by atoms with Gasteiger partial charge in [-0.25, -0.2) is 0 Å². The molecule has 0 saturated carbocycles. The van der Waals surface area contributed by atoms with Crippen molar-refractivity contribution in [1.29, 1.82) is 0 Å². The summed E-state index contributed by atoms with van der Waals surface area (Å²) in [6.45, 7) is 7.26. The number of quaternary nitrogens is 1. The molecule has 0 heterocycles. The fourth-order valence-electron chi connectivity index (χ4n) is 2.25. The quantitative estimate of drug-likeness (QED) is 0.841. The van der Waals surface area contributed by atoms with Crippen LogP contribution in [0.1, 0.15) is 19.4 Å². The summed E-state index contributed by atoms with van der Waals surface area (Å²) in [5, 5.41) is 14.3. The predicted octanol–water partition coefficient (Wildman–Crippen LogP) is 1.34. The maximum absolute atomic E-state index is 12.0. The van der Waals surface area contributed by atoms with Crippen LogP contribution in [0.3, 0.4) is 0 Å². The minimum atomic E-state index is 0.170. The number of rotatable bonds is 4. The van der Waals surface area contributed by atoms with Gasteiger partial charge in [0.05, 0.1) is 13.1 Å². The first-order valence-corrected chi connectivity index (χ1v) is 6.27. The Balaban J connectivity index is 2.47. The van der Waals surface area contributed by atoms with Crippen molar-refractivity contribution in [2.75, 3.05) is 13.1 Å². The van der Waals surface area contributed by atoms with Crippen molar-refractivity contribution < 1.29 is 10.0 Å². The van der Waals surface area contributed by atoms with Gasteiger partial charge in [-0.3, -0.25) is 0 Å². The van der Waals surface area contributed by atoms with Gasteiger partial charge in [0.1, 0.15) is 6.54 Å². The Morgan fingerprint density at radius 2 is 1.71 bits per heavy atom. The molecule has 0 aliphatic carbocycles. The lowest BCUT2D eigenvalue weighted by atomic mass is 10.0. The lowest BCUT2D eigenvalue weighted by Crippen LogP contribution is -3.10. The van der Waals surface area contributed by atoms with Gasteiger partial charge in [-0.1, -0.05) is 42.1 Å². The van der Waals surface area contributed by atoms with Gasteiger partial charge >= 0.3 is 0 Å². The molecule has 0 radical (unpaired) electrons. The lowest BCUT2D eigenvalue weighted by Gasteiger charge is -2.21. The molecule has 0 amide bonds. The predicted molar refractivity (Wildman–Crippen MR) is 69.1 cm³/mol. The summed E-state index contributed by atoms with van der Waals surface area (Å²) in [7, 11) is 0. The van der Waals surface area contributed by atoms with Crippen molar-refractivity contribution >= 4 is 10.8 Å². The van der Waals surface area contributed by atoms with Crippen LogP contribution in [0.5, 0.6) is 5.75 Å². The topological polar surface area (TPSA) is 27.5 Å². The Morgan fingerprint density at radius 1 is 1.00 bits per heavy atom. The number of hydrogen-bond acceptors (Lipinski definition) is 1. The van der Waals surface area contributed by atoms with Crippen molar-refractivity contribution in [3.63, 3.8) is 0 Å². The van der Waals surface area contributed by atoms with Crippen LogP contribution in [0.25, 0.3) is 10.8 Å². The van der Waals surface area contributed by atoms with E-state index in [4.69, 9.17) is 0 Å². The molecule has 0 bridgehead atoms. The molecule has 0 fully saturated rings. The van der Waals surface area contributed by atoms with Crippen molar-refractivity contribution in [2.24, 2.45) is 0 Å². The minimum Gasteiger partial charge on any atom is -0.872 e. The van der Waals surface area contributed by atoms with E-state index in [1.165, 1.54) is 4.90 Å². The number of hydrogen-bond donors (Lipinski definition) is 1. The highest BCUT2D eigenvalue weighted by atomic mass is 16.3. The van der Waals surface area contributed by atoms with Gasteiger partial charge in [-0.2, -0.15) is 0 Å². The summed E-state index contributed by atoms with van der Waals surface area (Å²) >= 11 is 0. The van der Waals surface area contributed by atoms with Gasteiger partial charge in [0.25, 0.3) is 0 Å². The third-order valence-electron chi connectivity index (χ3n) is 3.42. The van der Waals surface area contributed by atoms with Gasteiger partial charge in [0, 0.05) is 5.56 Å². The highest BCUT2D eigenvalue weighted by Crippen LogP contribution is 2.24. The Kier molecular flexibility index (Phi) is 3.64. The average molecular weight is 229 g/mol. The molecule has 2 rings (SSSR count). The average Bonchev–Trinajstić information content (AvgIpc) is 2.38. The first-order chi connectivity index (χ1) is 8.26. The Morgan fingerprint density at radius 3 is 2.41 bits per heavy atom. The van der Waals surface area contributed by atoms with Crippen LogP contribution in [0, 0.1) is 0 Å². The van der Waals surface area contributed by atoms with Gasteiger partial charge in [0.2, 0.25) is 0 Å². The normalized spacial score (nSPS) is 11.2. The molecule has 0 aliphatic rings. The molecule has 0 unspecified atom stereocenters. The molecule has 0 atom stereocenters. The van der Waals surface area contributed by atoms with Gasteiger partial charge < -0.3 is 10.0 Å². The van der Waals surface area contributed by atoms with E-state index >= 15 is 0 Å². The van der Waals surface area contributed by atoms with E-state index in [9.17, 15) is 5.11 Å². The summed E-state index contributed by atoms with van der Waals surface area (Å²) in [6, 6.07) is 11.7. The smallest absolute Gasteiger partial charge is 0.103 e. The van der Waals surface area contributed by atoms with Crippen molar-refractivity contribution in [1.82, 2.24) is 0 Å². The van der Waals surface area contributed by atoms with Crippen LogP contribution in [0.2, 0.25) is 0 Å². The van der Waals surface area contributed by atoms with Gasteiger partial charge in [-0.15, -0.1) is 0 Å². The van der Waals surface area contributed by atoms with Crippen molar-refractivity contribution in [3.05, 3.63) is 42.0 Å². The number of benzene rings is 2. The summed E-state index contributed by atoms with van der Waals surface area (Å²) in [4.78, 5) is 1.44. The summed E-state index contributed by atoms with van der Waals surface area (Å²) < 4.78 is 0. The van der Waals surface area contributed by atoms with Crippen LogP contribution in [0.4, 0.5) is 0 Å². The summed E-state index contributed by atoms with van der Waals surface area (Å²) in [5.74, 6) is 0.170. The molecular formula is C15H19NO. The highest BCUT2D eigenvalue weighted by Gasteiger charge is 2.08. The second kappa shape index (κ2) is 5.19. The molecule has 2 nitrogen and oxygen atoms in total. The van der Waals surface area contributed by atoms with E-state index in [-0.39, 0.29) is 5.75 Å². The van der Waals surface area contributed by atoms with E-state index in [1.807, 2.05) is 18.2 Å². The molecule has 2 aromatic rings. The van der Waals surface area contributed by atoms with Crippen LogP contribution < -0.4 is 10.0 Å². The van der Waals surface area contributed by atoms with E-state index in [2.05, 4.69) is 26.0 Å². The third-order valence-corrected chi connectivity index (χ3v) is 3.42. The molecule has 90 valence electrons. The Bertz CT molecular complexity index is 503. The second-order valence-corrected chi connectivity index (χ2v) is 4.40. The molecule has 0 saturated heterocycles. The standard InChI is InChI=1S/C15H19NO/c1-3-16(4-2)11-14-13-8-6-5-7-12(13)9-10-15(14)17/h5-10,17H,3-4,11H2,1-2H3. The van der Waals surface area contributed by atoms with E-state index in [0.29, 0.717) is 0 Å². The molecule has 17 heavy (non-hydrogen) atoms. The van der Waals surface area contributed by atoms with Gasteiger partial charge in [-0.05, 0) is 24.6 Å². The Hall–Kier alpha value is -1.54. The van der Waals surface area contributed by atoms with Crippen LogP contribution in [0.15, 0.2) is 36.4 Å². The monoisotopic (exact) mass is 229 g/mol. The lowest BCUT2D eigenvalue weighted by molar-refractivity contribution is -0.910. The zero-order chi connectivity index (χ0) is 12.3. The largest absolute Gasteiger partial charge is 0.872 e. The zero-order valence-corrected chi connectivity index (χ0v) is 10.5. The molecule has 0 spiro atoms. The SMILES string of the molecule is CC[NH+](CC)Cc1c([O-])ccc2ccccc12. The van der Waals surface area contributed by atoms with Gasteiger partial charge in [0.15, 0.2) is 0 Å². The van der Waals surface area contributed by atoms with E-state index in [0.717, 1.165) is 36.0 Å². The molecular weight excluding hydrogens is 210 g/mol. The molecule has 1 N–H and O–H groups in total. The van der Waals surface area contributed by atoms with Crippen LogP contribution in [-0.4, -0.2) is 13.1 Å². The first-order valence-electron chi connectivity index (χ1n) is 6.27. The van der Waals surface area contributed by atoms with E-state index in [1.54, 1.807) is 6.07 Å². The second-order valence-electron chi connectivity index (χ2n) is 4.40. The van der Waals surface area contributed by atoms with E-state index < -0.39 is 0 Å². The fourth-order valence-corrected chi connectivity index (χ4v) is 2.25. The minimum absolute atomic E-state index is 0.170. The zero-order valence-electron chi connectivity index (χ0n) is 10.5. The van der Waals surface area contributed by atoms with Crippen molar-refractivity contribution in [3.8, 4) is 5.75 Å². The highest BCUT2D eigenvalue weighted by molar-refractivity contribution is 5.87. The summed E-state index contributed by atoms with van der Waals surface area (Å²) in [5.41, 5.74) is 0.960. The molecule has 2 heteroatoms. The molecule has 0 aliphatic heterocycles. The first kappa shape index (κ1) is 11.9. The third kappa shape index (κ3) is 2.42. The van der Waals surface area contributed by atoms with Crippen molar-refractivity contribution in [2.45, 2.75) is 20.4 Å². The van der Waals surface area contributed by atoms with Crippen LogP contribution >= 0.6 is 0 Å². The number of nitrogens with one attached hydrogen (secondary N) is 1. The molecule has 0 aromatic heterocycles. The van der Waals surface area contributed by atoms with Crippen LogP contribution in [-0.2, 0) is 6.54 Å². The molecule has 2 aromatic carbocycles. The maximum Gasteiger partial charge on any atom is 0.103 e. The summed E-state index contributed by atoms with van der Waals surface area (Å²) in [6.07, 6.45) is 0.